The van der Waals surface area contributed by atoms with Crippen molar-refractivity contribution in [2.24, 2.45) is 10.7 Å². The number of hydrogen-bond acceptors (Lipinski definition) is 3. The molecule has 160 valence electrons. The number of nitrogens with zero attached hydrogens (tertiary/aromatic N) is 4. The Kier molecular flexibility index (Phi) is 6.09. The summed E-state index contributed by atoms with van der Waals surface area (Å²) < 4.78 is 2.24. The number of pyridine rings is 1. The average Bonchev–Trinajstić information content (AvgIpc) is 3.13. The number of amides is 2. The second kappa shape index (κ2) is 8.94. The van der Waals surface area contributed by atoms with Crippen molar-refractivity contribution in [2.75, 3.05) is 20.1 Å². The number of carbonyl (C=O) groups excluding carboxylic acids is 1. The molecule has 1 aliphatic rings. The normalized spacial score (nSPS) is 15.8. The first-order valence-corrected chi connectivity index (χ1v) is 10.8. The maximum atomic E-state index is 11.6. The first kappa shape index (κ1) is 21.1. The van der Waals surface area contributed by atoms with Crippen molar-refractivity contribution >= 4 is 40.3 Å². The van der Waals surface area contributed by atoms with E-state index in [1.165, 1.54) is 10.9 Å². The van der Waals surface area contributed by atoms with E-state index in [9.17, 15) is 4.79 Å². The third-order valence-electron chi connectivity index (χ3n) is 5.96. The number of allylic oxidation sites excluding steroid dienone is 2. The zero-order valence-corrected chi connectivity index (χ0v) is 18.5. The van der Waals surface area contributed by atoms with E-state index in [0.717, 1.165) is 35.3 Å². The fraction of sp³-hybridized carbons (Fsp3) is 0.292. The number of fused-ring (bicyclic) bond motifs is 1. The Labute approximate surface area is 187 Å². The van der Waals surface area contributed by atoms with Crippen LogP contribution in [-0.4, -0.2) is 46.8 Å². The zero-order valence-electron chi connectivity index (χ0n) is 17.8. The highest BCUT2D eigenvalue weighted by Crippen LogP contribution is 2.41. The van der Waals surface area contributed by atoms with Gasteiger partial charge in [0.15, 0.2) is 0 Å². The highest BCUT2D eigenvalue weighted by Gasteiger charge is 2.30. The van der Waals surface area contributed by atoms with E-state index in [1.807, 2.05) is 49.8 Å². The minimum atomic E-state index is -0.348. The number of piperidine rings is 1. The van der Waals surface area contributed by atoms with Crippen LogP contribution in [0.3, 0.4) is 0 Å². The summed E-state index contributed by atoms with van der Waals surface area (Å²) in [6.45, 7) is 3.34. The molecule has 1 fully saturated rings. The first-order chi connectivity index (χ1) is 15.0. The van der Waals surface area contributed by atoms with Crippen LogP contribution in [0.25, 0.3) is 22.2 Å². The maximum Gasteiger partial charge on any atom is 0.314 e. The molecule has 1 aliphatic heterocycles. The molecule has 3 heterocycles. The molecule has 0 saturated carbocycles. The number of halogens is 1. The quantitative estimate of drug-likeness (QED) is 0.582. The molecule has 0 unspecified atom stereocenters. The molecule has 0 bridgehead atoms. The smallest absolute Gasteiger partial charge is 0.314 e. The summed E-state index contributed by atoms with van der Waals surface area (Å²) in [5, 5.41) is 1.86. The number of urea groups is 1. The van der Waals surface area contributed by atoms with Crippen LogP contribution in [0.1, 0.15) is 36.9 Å². The number of likely N-dealkylation sites (tertiary alicyclic amines) is 1. The van der Waals surface area contributed by atoms with Crippen LogP contribution in [0.4, 0.5) is 4.79 Å². The van der Waals surface area contributed by atoms with Crippen molar-refractivity contribution in [2.45, 2.75) is 25.7 Å². The van der Waals surface area contributed by atoms with Crippen molar-refractivity contribution in [3.8, 4) is 5.69 Å². The molecule has 2 amide bonds. The van der Waals surface area contributed by atoms with E-state index in [2.05, 4.69) is 26.7 Å². The van der Waals surface area contributed by atoms with Crippen molar-refractivity contribution in [1.82, 2.24) is 14.5 Å². The van der Waals surface area contributed by atoms with E-state index >= 15 is 0 Å². The number of hydrogen-bond donors (Lipinski definition) is 1. The van der Waals surface area contributed by atoms with Crippen molar-refractivity contribution in [1.29, 1.82) is 0 Å². The average molecular weight is 436 g/mol. The van der Waals surface area contributed by atoms with E-state index in [1.54, 1.807) is 11.9 Å². The van der Waals surface area contributed by atoms with Crippen LogP contribution in [0, 0.1) is 0 Å². The monoisotopic (exact) mass is 435 g/mol. The number of carbonyl (C=O) groups is 1. The Morgan fingerprint density at radius 3 is 2.55 bits per heavy atom. The number of aliphatic imine (C=N–C) groups is 1. The molecule has 4 rings (SSSR count). The van der Waals surface area contributed by atoms with Gasteiger partial charge in [0.1, 0.15) is 0 Å². The first-order valence-electron chi connectivity index (χ1n) is 10.4. The molecule has 6 nitrogen and oxygen atoms in total. The van der Waals surface area contributed by atoms with Gasteiger partial charge in [0.05, 0.1) is 17.4 Å². The summed E-state index contributed by atoms with van der Waals surface area (Å²) in [4.78, 5) is 22.1. The molecular weight excluding hydrogens is 410 g/mol. The predicted octanol–water partition coefficient (Wildman–Crippen LogP) is 5.04. The van der Waals surface area contributed by atoms with Gasteiger partial charge in [-0.2, -0.15) is 0 Å². The molecule has 3 aromatic rings. The van der Waals surface area contributed by atoms with Crippen molar-refractivity contribution < 1.29 is 4.79 Å². The number of benzene rings is 1. The van der Waals surface area contributed by atoms with E-state index in [0.29, 0.717) is 24.0 Å². The lowest BCUT2D eigenvalue weighted by molar-refractivity contribution is 0.191. The topological polar surface area (TPSA) is 76.5 Å². The second-order valence-electron chi connectivity index (χ2n) is 7.70. The molecule has 0 atom stereocenters. The van der Waals surface area contributed by atoms with Gasteiger partial charge in [0, 0.05) is 54.2 Å². The van der Waals surface area contributed by atoms with E-state index in [4.69, 9.17) is 17.3 Å². The lowest BCUT2D eigenvalue weighted by atomic mass is 9.86. The fourth-order valence-electron chi connectivity index (χ4n) is 4.52. The molecule has 2 N–H and O–H groups in total. The predicted molar refractivity (Wildman–Crippen MR) is 127 cm³/mol. The molecule has 7 heteroatoms. The molecule has 0 aliphatic carbocycles. The van der Waals surface area contributed by atoms with Gasteiger partial charge in [-0.25, -0.2) is 4.79 Å². The van der Waals surface area contributed by atoms with E-state index in [-0.39, 0.29) is 6.03 Å². The summed E-state index contributed by atoms with van der Waals surface area (Å²) in [5.41, 5.74) is 11.0. The van der Waals surface area contributed by atoms with Gasteiger partial charge in [-0.3, -0.25) is 9.98 Å². The lowest BCUT2D eigenvalue weighted by Crippen LogP contribution is -2.41. The minimum Gasteiger partial charge on any atom is -0.351 e. The standard InChI is InChI=1S/C24H26ClN5O/c1-3-16(14-27-2)23-22(17-9-12-29(13-10-17)24(26)31)20-8-11-28-15-21(20)30(23)19-6-4-18(25)5-7-19/h3-8,11,14-15,17H,9-10,12-13H2,1-2H3,(H2,26,31)/b16-3+,27-14?. The molecule has 1 aromatic carbocycles. The number of rotatable bonds is 4. The van der Waals surface area contributed by atoms with Crippen LogP contribution < -0.4 is 5.73 Å². The van der Waals surface area contributed by atoms with Crippen LogP contribution in [0.2, 0.25) is 5.02 Å². The highest BCUT2D eigenvalue weighted by atomic mass is 35.5. The third kappa shape index (κ3) is 3.95. The molecule has 0 radical (unpaired) electrons. The van der Waals surface area contributed by atoms with Gasteiger partial charge in [-0.15, -0.1) is 0 Å². The minimum absolute atomic E-state index is 0.296. The molecule has 0 spiro atoms. The Bertz CT molecular complexity index is 1150. The summed E-state index contributed by atoms with van der Waals surface area (Å²) in [7, 11) is 1.78. The molecule has 31 heavy (non-hydrogen) atoms. The molecule has 2 aromatic heterocycles. The van der Waals surface area contributed by atoms with Crippen LogP contribution >= 0.6 is 11.6 Å². The zero-order chi connectivity index (χ0) is 22.0. The van der Waals surface area contributed by atoms with Gasteiger partial charge in [0.2, 0.25) is 0 Å². The Morgan fingerprint density at radius 1 is 1.23 bits per heavy atom. The summed E-state index contributed by atoms with van der Waals surface area (Å²) in [5.74, 6) is 0.296. The molecule has 1 saturated heterocycles. The maximum absolute atomic E-state index is 11.6. The Balaban J connectivity index is 1.97. The lowest BCUT2D eigenvalue weighted by Gasteiger charge is -2.31. The van der Waals surface area contributed by atoms with Crippen molar-refractivity contribution in [3.63, 3.8) is 0 Å². The number of nitrogens with two attached hydrogens (primary N) is 1. The summed E-state index contributed by atoms with van der Waals surface area (Å²) >= 11 is 6.17. The summed E-state index contributed by atoms with van der Waals surface area (Å²) in [6.07, 6.45) is 9.45. The van der Waals surface area contributed by atoms with Crippen LogP contribution in [0.15, 0.2) is 53.8 Å². The Hall–Kier alpha value is -3.12. The summed E-state index contributed by atoms with van der Waals surface area (Å²) in [6, 6.07) is 9.58. The second-order valence-corrected chi connectivity index (χ2v) is 8.13. The van der Waals surface area contributed by atoms with Gasteiger partial charge in [-0.1, -0.05) is 17.7 Å². The van der Waals surface area contributed by atoms with Crippen LogP contribution in [0.5, 0.6) is 0 Å². The van der Waals surface area contributed by atoms with Crippen molar-refractivity contribution in [3.05, 3.63) is 65.1 Å². The number of primary amides is 1. The van der Waals surface area contributed by atoms with Gasteiger partial charge >= 0.3 is 6.03 Å². The van der Waals surface area contributed by atoms with Gasteiger partial charge in [-0.05, 0) is 61.6 Å². The largest absolute Gasteiger partial charge is 0.351 e. The highest BCUT2D eigenvalue weighted by molar-refractivity contribution is 6.30. The number of aromatic nitrogens is 2. The third-order valence-corrected chi connectivity index (χ3v) is 6.21. The SMILES string of the molecule is C/C=C(\C=NC)c1c(C2CCN(C(N)=O)CC2)c2ccncc2n1-c1ccc(Cl)cc1. The van der Waals surface area contributed by atoms with E-state index < -0.39 is 0 Å². The fourth-order valence-corrected chi connectivity index (χ4v) is 4.64. The van der Waals surface area contributed by atoms with Gasteiger partial charge in [0.25, 0.3) is 0 Å². The van der Waals surface area contributed by atoms with Crippen LogP contribution in [-0.2, 0) is 0 Å². The Morgan fingerprint density at radius 2 is 1.94 bits per heavy atom. The molecular formula is C24H26ClN5O. The van der Waals surface area contributed by atoms with Gasteiger partial charge < -0.3 is 15.2 Å².